The largest absolute Gasteiger partial charge is 0.367 e. The van der Waals surface area contributed by atoms with E-state index in [0.717, 1.165) is 16.6 Å². The van der Waals surface area contributed by atoms with Crippen molar-refractivity contribution < 1.29 is 4.74 Å². The van der Waals surface area contributed by atoms with E-state index >= 15 is 0 Å². The molecule has 1 unspecified atom stereocenters. The molecule has 0 bridgehead atoms. The van der Waals surface area contributed by atoms with Gasteiger partial charge in [-0.1, -0.05) is 70.5 Å². The van der Waals surface area contributed by atoms with Crippen LogP contribution in [0.1, 0.15) is 17.2 Å². The van der Waals surface area contributed by atoms with E-state index < -0.39 is 0 Å². The maximum Gasteiger partial charge on any atom is 0.101 e. The number of rotatable bonds is 6. The fourth-order valence-corrected chi connectivity index (χ4v) is 3.45. The highest BCUT2D eigenvalue weighted by Gasteiger charge is 2.14. The number of benzene rings is 3. The Bertz CT molecular complexity index is 998. The molecule has 0 saturated carbocycles. The summed E-state index contributed by atoms with van der Waals surface area (Å²) in [5.41, 5.74) is 2.31. The van der Waals surface area contributed by atoms with Gasteiger partial charge in [-0.05, 0) is 34.0 Å². The highest BCUT2D eigenvalue weighted by molar-refractivity contribution is 9.10. The Kier molecular flexibility index (Phi) is 5.14. The maximum absolute atomic E-state index is 6.34. The van der Waals surface area contributed by atoms with Crippen LogP contribution in [0.3, 0.4) is 0 Å². The van der Waals surface area contributed by atoms with E-state index in [-0.39, 0.29) is 6.10 Å². The molecule has 0 spiro atoms. The number of fused-ring (bicyclic) bond motifs is 1. The lowest BCUT2D eigenvalue weighted by Gasteiger charge is -2.20. The average molecular weight is 407 g/mol. The van der Waals surface area contributed by atoms with Crippen molar-refractivity contribution >= 4 is 26.7 Å². The van der Waals surface area contributed by atoms with Crippen LogP contribution in [0.25, 0.3) is 10.8 Å². The van der Waals surface area contributed by atoms with E-state index in [1.54, 1.807) is 6.20 Å². The van der Waals surface area contributed by atoms with Crippen molar-refractivity contribution in [3.05, 3.63) is 101 Å². The minimum absolute atomic E-state index is 0.0547. The molecule has 3 nitrogen and oxygen atoms in total. The van der Waals surface area contributed by atoms with E-state index in [1.165, 1.54) is 16.3 Å². The third-order valence-corrected chi connectivity index (χ3v) is 5.25. The number of aromatic nitrogens is 2. The van der Waals surface area contributed by atoms with Gasteiger partial charge in [0.15, 0.2) is 0 Å². The van der Waals surface area contributed by atoms with Crippen LogP contribution in [0.5, 0.6) is 0 Å². The molecule has 1 heterocycles. The quantitative estimate of drug-likeness (QED) is 0.407. The van der Waals surface area contributed by atoms with E-state index in [4.69, 9.17) is 4.74 Å². The van der Waals surface area contributed by atoms with Gasteiger partial charge in [0.25, 0.3) is 0 Å². The molecule has 0 fully saturated rings. The van der Waals surface area contributed by atoms with Crippen LogP contribution in [0.15, 0.2) is 89.9 Å². The van der Waals surface area contributed by atoms with Crippen LogP contribution < -0.4 is 0 Å². The molecule has 0 aliphatic carbocycles. The zero-order valence-corrected chi connectivity index (χ0v) is 15.8. The topological polar surface area (TPSA) is 27.1 Å². The van der Waals surface area contributed by atoms with Gasteiger partial charge < -0.3 is 9.30 Å². The van der Waals surface area contributed by atoms with Crippen molar-refractivity contribution in [2.45, 2.75) is 19.3 Å². The van der Waals surface area contributed by atoms with E-state index in [1.807, 2.05) is 30.7 Å². The van der Waals surface area contributed by atoms with E-state index in [0.29, 0.717) is 6.61 Å². The first-order valence-corrected chi connectivity index (χ1v) is 9.38. The van der Waals surface area contributed by atoms with Crippen molar-refractivity contribution in [3.8, 4) is 0 Å². The number of hydrogen-bond donors (Lipinski definition) is 0. The van der Waals surface area contributed by atoms with Crippen molar-refractivity contribution in [2.24, 2.45) is 0 Å². The second kappa shape index (κ2) is 7.85. The second-order valence-electron chi connectivity index (χ2n) is 6.26. The molecule has 4 rings (SSSR count). The molecule has 4 heteroatoms. The number of halogens is 1. The molecule has 0 saturated heterocycles. The van der Waals surface area contributed by atoms with Gasteiger partial charge in [0.05, 0.1) is 19.5 Å². The zero-order chi connectivity index (χ0) is 17.8. The molecule has 1 aromatic heterocycles. The molecular weight excluding hydrogens is 388 g/mol. The lowest BCUT2D eigenvalue weighted by molar-refractivity contribution is 0.0277. The van der Waals surface area contributed by atoms with Crippen molar-refractivity contribution in [2.75, 3.05) is 0 Å². The Morgan fingerprint density at radius 1 is 0.962 bits per heavy atom. The first kappa shape index (κ1) is 17.0. The van der Waals surface area contributed by atoms with Gasteiger partial charge in [-0.25, -0.2) is 4.98 Å². The minimum atomic E-state index is -0.0547. The molecule has 26 heavy (non-hydrogen) atoms. The predicted octanol–water partition coefficient (Wildman–Crippen LogP) is 5.76. The SMILES string of the molecule is Brc1ccccc1COC(Cn1ccnc1)c1ccc2ccccc2c1. The monoisotopic (exact) mass is 406 g/mol. The van der Waals surface area contributed by atoms with Crippen LogP contribution >= 0.6 is 15.9 Å². The number of imidazole rings is 1. The number of hydrogen-bond acceptors (Lipinski definition) is 2. The summed E-state index contributed by atoms with van der Waals surface area (Å²) >= 11 is 3.60. The summed E-state index contributed by atoms with van der Waals surface area (Å²) in [5, 5.41) is 2.47. The van der Waals surface area contributed by atoms with Crippen molar-refractivity contribution in [3.63, 3.8) is 0 Å². The van der Waals surface area contributed by atoms with Gasteiger partial charge in [0.2, 0.25) is 0 Å². The zero-order valence-electron chi connectivity index (χ0n) is 14.3. The average Bonchev–Trinajstić information content (AvgIpc) is 3.19. The van der Waals surface area contributed by atoms with Gasteiger partial charge in [-0.3, -0.25) is 0 Å². The Labute approximate surface area is 161 Å². The van der Waals surface area contributed by atoms with Gasteiger partial charge in [0.1, 0.15) is 6.10 Å². The Hall–Kier alpha value is -2.43. The summed E-state index contributed by atoms with van der Waals surface area (Å²) < 4.78 is 9.46. The summed E-state index contributed by atoms with van der Waals surface area (Å²) in [6.45, 7) is 1.27. The smallest absolute Gasteiger partial charge is 0.101 e. The fraction of sp³-hybridized carbons (Fsp3) is 0.136. The van der Waals surface area contributed by atoms with Crippen LogP contribution in [0.2, 0.25) is 0 Å². The minimum Gasteiger partial charge on any atom is -0.367 e. The molecular formula is C22H19BrN2O. The number of nitrogens with zero attached hydrogens (tertiary/aromatic N) is 2. The molecule has 130 valence electrons. The van der Waals surface area contributed by atoms with Gasteiger partial charge in [0, 0.05) is 16.9 Å². The third kappa shape index (κ3) is 3.87. The molecule has 0 N–H and O–H groups in total. The fourth-order valence-electron chi connectivity index (χ4n) is 3.05. The first-order valence-electron chi connectivity index (χ1n) is 8.59. The Morgan fingerprint density at radius 3 is 2.58 bits per heavy atom. The maximum atomic E-state index is 6.34. The van der Waals surface area contributed by atoms with Crippen LogP contribution in [0.4, 0.5) is 0 Å². The van der Waals surface area contributed by atoms with Crippen LogP contribution in [-0.2, 0) is 17.9 Å². The van der Waals surface area contributed by atoms with E-state index in [9.17, 15) is 0 Å². The summed E-state index contributed by atoms with van der Waals surface area (Å²) in [6, 6.07) is 23.1. The summed E-state index contributed by atoms with van der Waals surface area (Å²) in [6.07, 6.45) is 5.54. The second-order valence-corrected chi connectivity index (χ2v) is 7.11. The third-order valence-electron chi connectivity index (χ3n) is 4.48. The lowest BCUT2D eigenvalue weighted by Crippen LogP contribution is -2.12. The molecule has 1 atom stereocenters. The molecule has 0 aliphatic rings. The Balaban J connectivity index is 1.62. The standard InChI is InChI=1S/C22H19BrN2O/c23-21-8-4-3-7-20(21)15-26-22(14-25-12-11-24-16-25)19-10-9-17-5-1-2-6-18(17)13-19/h1-13,16,22H,14-15H2. The molecule has 0 radical (unpaired) electrons. The van der Waals surface area contributed by atoms with Crippen LogP contribution in [-0.4, -0.2) is 9.55 Å². The summed E-state index contributed by atoms with van der Waals surface area (Å²) in [4.78, 5) is 4.15. The van der Waals surface area contributed by atoms with Crippen molar-refractivity contribution in [1.29, 1.82) is 0 Å². The van der Waals surface area contributed by atoms with Crippen molar-refractivity contribution in [1.82, 2.24) is 9.55 Å². The van der Waals surface area contributed by atoms with Gasteiger partial charge in [-0.15, -0.1) is 0 Å². The lowest BCUT2D eigenvalue weighted by atomic mass is 10.0. The Morgan fingerprint density at radius 2 is 1.77 bits per heavy atom. The molecule has 0 aliphatic heterocycles. The number of ether oxygens (including phenoxy) is 1. The first-order chi connectivity index (χ1) is 12.8. The highest BCUT2D eigenvalue weighted by atomic mass is 79.9. The van der Waals surface area contributed by atoms with Gasteiger partial charge in [-0.2, -0.15) is 0 Å². The van der Waals surface area contributed by atoms with Gasteiger partial charge >= 0.3 is 0 Å². The molecule has 0 amide bonds. The summed E-state index contributed by atoms with van der Waals surface area (Å²) in [5.74, 6) is 0. The van der Waals surface area contributed by atoms with Crippen LogP contribution in [0, 0.1) is 0 Å². The van der Waals surface area contributed by atoms with E-state index in [2.05, 4.69) is 74.0 Å². The molecule has 4 aromatic rings. The normalized spacial score (nSPS) is 12.3. The predicted molar refractivity (Wildman–Crippen MR) is 108 cm³/mol. The highest BCUT2D eigenvalue weighted by Crippen LogP contribution is 2.27. The molecule has 3 aromatic carbocycles. The summed E-state index contributed by atoms with van der Waals surface area (Å²) in [7, 11) is 0.